The summed E-state index contributed by atoms with van der Waals surface area (Å²) in [4.78, 5) is 11.7. The molecule has 0 unspecified atom stereocenters. The van der Waals surface area contributed by atoms with E-state index in [1.165, 1.54) is 0 Å². The molecule has 1 saturated carbocycles. The number of benzene rings is 1. The Bertz CT molecular complexity index is 508. The summed E-state index contributed by atoms with van der Waals surface area (Å²) >= 11 is 0. The quantitative estimate of drug-likeness (QED) is 0.639. The van der Waals surface area contributed by atoms with Gasteiger partial charge in [-0.15, -0.1) is 0 Å². The highest BCUT2D eigenvalue weighted by Crippen LogP contribution is 2.32. The Kier molecular flexibility index (Phi) is 4.73. The minimum atomic E-state index is -0.679. The first-order valence-corrected chi connectivity index (χ1v) is 7.51. The molecule has 1 aliphatic rings. The lowest BCUT2D eigenvalue weighted by Crippen LogP contribution is -2.40. The second-order valence-electron chi connectivity index (χ2n) is 6.14. The van der Waals surface area contributed by atoms with Crippen LogP contribution in [0.4, 0.5) is 11.4 Å². The van der Waals surface area contributed by atoms with Gasteiger partial charge in [0.05, 0.1) is 17.0 Å². The zero-order valence-corrected chi connectivity index (χ0v) is 12.8. The maximum Gasteiger partial charge on any atom is 0.251 e. The highest BCUT2D eigenvalue weighted by Gasteiger charge is 2.31. The maximum atomic E-state index is 11.7. The minimum absolute atomic E-state index is 0.150. The lowest BCUT2D eigenvalue weighted by Gasteiger charge is -2.35. The average molecular weight is 291 g/mol. The Morgan fingerprint density at radius 2 is 2.10 bits per heavy atom. The van der Waals surface area contributed by atoms with Crippen LogP contribution in [0.5, 0.6) is 0 Å². The first-order valence-electron chi connectivity index (χ1n) is 7.51. The van der Waals surface area contributed by atoms with E-state index in [0.29, 0.717) is 29.4 Å². The third kappa shape index (κ3) is 3.88. The monoisotopic (exact) mass is 291 g/mol. The summed E-state index contributed by atoms with van der Waals surface area (Å²) in [7, 11) is 1.59. The second kappa shape index (κ2) is 6.35. The van der Waals surface area contributed by atoms with Crippen LogP contribution in [0.15, 0.2) is 18.2 Å². The molecular formula is C16H25N3O2. The summed E-state index contributed by atoms with van der Waals surface area (Å²) in [5, 5.41) is 16.4. The molecule has 0 spiro atoms. The van der Waals surface area contributed by atoms with Crippen LogP contribution in [0, 0.1) is 5.92 Å². The molecule has 5 nitrogen and oxygen atoms in total. The molecule has 1 amide bonds. The molecule has 116 valence electrons. The van der Waals surface area contributed by atoms with E-state index in [1.807, 2.05) is 0 Å². The summed E-state index contributed by atoms with van der Waals surface area (Å²) in [6.45, 7) is 2.68. The van der Waals surface area contributed by atoms with Crippen molar-refractivity contribution in [1.82, 2.24) is 5.32 Å². The number of hydrogen-bond donors (Lipinski definition) is 4. The van der Waals surface area contributed by atoms with Crippen LogP contribution in [-0.2, 0) is 0 Å². The largest absolute Gasteiger partial charge is 0.397 e. The Morgan fingerprint density at radius 1 is 1.43 bits per heavy atom. The molecule has 1 aromatic carbocycles. The molecule has 1 aromatic rings. The molecule has 5 N–H and O–H groups in total. The predicted octanol–water partition coefficient (Wildman–Crippen LogP) is 1.98. The van der Waals surface area contributed by atoms with Crippen molar-refractivity contribution in [2.75, 3.05) is 24.6 Å². The molecule has 0 saturated heterocycles. The number of nitrogens with one attached hydrogen (secondary N) is 2. The number of amides is 1. The summed E-state index contributed by atoms with van der Waals surface area (Å²) in [6.07, 6.45) is 3.70. The fraction of sp³-hybridized carbons (Fsp3) is 0.562. The lowest BCUT2D eigenvalue weighted by atomic mass is 9.79. The molecule has 2 rings (SSSR count). The number of nitrogen functional groups attached to an aromatic ring is 1. The Labute approximate surface area is 125 Å². The number of hydrogen-bond acceptors (Lipinski definition) is 4. The van der Waals surface area contributed by atoms with E-state index < -0.39 is 5.60 Å². The van der Waals surface area contributed by atoms with E-state index in [4.69, 9.17) is 5.73 Å². The molecular weight excluding hydrogens is 266 g/mol. The van der Waals surface area contributed by atoms with E-state index in [0.717, 1.165) is 25.7 Å². The van der Waals surface area contributed by atoms with Crippen LogP contribution >= 0.6 is 0 Å². The van der Waals surface area contributed by atoms with Crippen molar-refractivity contribution in [1.29, 1.82) is 0 Å². The number of carbonyl (C=O) groups excluding carboxylic acids is 1. The predicted molar refractivity (Wildman–Crippen MR) is 85.3 cm³/mol. The number of nitrogens with two attached hydrogens (primary N) is 1. The molecule has 0 atom stereocenters. The number of aliphatic hydroxyl groups is 1. The van der Waals surface area contributed by atoms with Crippen LogP contribution in [0.1, 0.15) is 43.0 Å². The first-order chi connectivity index (χ1) is 9.93. The average Bonchev–Trinajstić information content (AvgIpc) is 2.49. The van der Waals surface area contributed by atoms with E-state index in [9.17, 15) is 9.90 Å². The van der Waals surface area contributed by atoms with Gasteiger partial charge in [-0.05, 0) is 49.8 Å². The Hall–Kier alpha value is -1.75. The van der Waals surface area contributed by atoms with Gasteiger partial charge in [-0.3, -0.25) is 4.79 Å². The van der Waals surface area contributed by atoms with Gasteiger partial charge in [-0.25, -0.2) is 0 Å². The van der Waals surface area contributed by atoms with Gasteiger partial charge in [0, 0.05) is 19.2 Å². The van der Waals surface area contributed by atoms with Crippen LogP contribution in [0.25, 0.3) is 0 Å². The minimum Gasteiger partial charge on any atom is -0.397 e. The third-order valence-electron chi connectivity index (χ3n) is 4.36. The highest BCUT2D eigenvalue weighted by molar-refractivity contribution is 5.96. The molecule has 0 aliphatic heterocycles. The van der Waals surface area contributed by atoms with Crippen molar-refractivity contribution < 1.29 is 9.90 Å². The van der Waals surface area contributed by atoms with Crippen molar-refractivity contribution in [3.8, 4) is 0 Å². The normalized spacial score (nSPS) is 25.4. The van der Waals surface area contributed by atoms with Gasteiger partial charge in [-0.2, -0.15) is 0 Å². The van der Waals surface area contributed by atoms with Gasteiger partial charge < -0.3 is 21.5 Å². The zero-order valence-electron chi connectivity index (χ0n) is 12.8. The number of rotatable bonds is 4. The summed E-state index contributed by atoms with van der Waals surface area (Å²) < 4.78 is 0. The van der Waals surface area contributed by atoms with Crippen molar-refractivity contribution in [2.45, 2.75) is 38.2 Å². The number of carbonyl (C=O) groups is 1. The van der Waals surface area contributed by atoms with E-state index in [2.05, 4.69) is 17.6 Å². The van der Waals surface area contributed by atoms with E-state index in [-0.39, 0.29) is 5.91 Å². The van der Waals surface area contributed by atoms with Crippen LogP contribution in [0.2, 0.25) is 0 Å². The Morgan fingerprint density at radius 3 is 2.71 bits per heavy atom. The fourth-order valence-corrected chi connectivity index (χ4v) is 2.73. The second-order valence-corrected chi connectivity index (χ2v) is 6.14. The molecule has 21 heavy (non-hydrogen) atoms. The van der Waals surface area contributed by atoms with Gasteiger partial charge in [0.25, 0.3) is 5.91 Å². The standard InChI is InChI=1S/C16H25N3O2/c1-11-5-7-16(21,8-6-11)10-19-14-9-12(15(20)18-2)3-4-13(14)17/h3-4,9,11,19,21H,5-8,10,17H2,1-2H3,(H,18,20). The van der Waals surface area contributed by atoms with Crippen LogP contribution < -0.4 is 16.4 Å². The summed E-state index contributed by atoms with van der Waals surface area (Å²) in [5.74, 6) is 0.537. The van der Waals surface area contributed by atoms with Gasteiger partial charge in [0.15, 0.2) is 0 Å². The summed E-state index contributed by atoms with van der Waals surface area (Å²) in [6, 6.07) is 5.12. The molecule has 1 aliphatic carbocycles. The SMILES string of the molecule is CNC(=O)c1ccc(N)c(NCC2(O)CCC(C)CC2)c1. The molecule has 1 fully saturated rings. The molecule has 0 radical (unpaired) electrons. The van der Waals surface area contributed by atoms with Crippen molar-refractivity contribution in [3.05, 3.63) is 23.8 Å². The topological polar surface area (TPSA) is 87.4 Å². The smallest absolute Gasteiger partial charge is 0.251 e. The lowest BCUT2D eigenvalue weighted by molar-refractivity contribution is 0.00502. The van der Waals surface area contributed by atoms with Gasteiger partial charge in [0.1, 0.15) is 0 Å². The molecule has 5 heteroatoms. The van der Waals surface area contributed by atoms with Gasteiger partial charge >= 0.3 is 0 Å². The molecule has 0 bridgehead atoms. The maximum absolute atomic E-state index is 11.7. The Balaban J connectivity index is 2.04. The zero-order chi connectivity index (χ0) is 15.5. The fourth-order valence-electron chi connectivity index (χ4n) is 2.73. The molecule has 0 heterocycles. The molecule has 0 aromatic heterocycles. The van der Waals surface area contributed by atoms with Crippen molar-refractivity contribution in [2.24, 2.45) is 5.92 Å². The van der Waals surface area contributed by atoms with Crippen LogP contribution in [0.3, 0.4) is 0 Å². The van der Waals surface area contributed by atoms with Crippen molar-refractivity contribution >= 4 is 17.3 Å². The van der Waals surface area contributed by atoms with Crippen molar-refractivity contribution in [3.63, 3.8) is 0 Å². The van der Waals surface area contributed by atoms with E-state index >= 15 is 0 Å². The first kappa shape index (κ1) is 15.6. The van der Waals surface area contributed by atoms with E-state index in [1.54, 1.807) is 25.2 Å². The summed E-state index contributed by atoms with van der Waals surface area (Å²) in [5.41, 5.74) is 7.09. The third-order valence-corrected chi connectivity index (χ3v) is 4.36. The van der Waals surface area contributed by atoms with Gasteiger partial charge in [-0.1, -0.05) is 6.92 Å². The van der Waals surface area contributed by atoms with Gasteiger partial charge in [0.2, 0.25) is 0 Å². The number of anilines is 2. The highest BCUT2D eigenvalue weighted by atomic mass is 16.3. The van der Waals surface area contributed by atoms with Crippen LogP contribution in [-0.4, -0.2) is 30.2 Å².